The van der Waals surface area contributed by atoms with Gasteiger partial charge < -0.3 is 24.7 Å². The second-order valence-corrected chi connectivity index (χ2v) is 6.81. The predicted octanol–water partition coefficient (Wildman–Crippen LogP) is 3.80. The topological polar surface area (TPSA) is 99.7 Å². The molecule has 1 N–H and O–H groups in total. The van der Waals surface area contributed by atoms with Gasteiger partial charge in [0, 0.05) is 4.98 Å². The summed E-state index contributed by atoms with van der Waals surface area (Å²) in [5.41, 5.74) is 2.79. The van der Waals surface area contributed by atoms with Gasteiger partial charge in [0.05, 0.1) is 18.2 Å². The fraction of sp³-hybridized carbons (Fsp3) is 0.211. The number of hydrogen-bond acceptors (Lipinski definition) is 6. The normalized spacial score (nSPS) is 15.7. The van der Waals surface area contributed by atoms with Gasteiger partial charge in [0.25, 0.3) is 0 Å². The summed E-state index contributed by atoms with van der Waals surface area (Å²) >= 11 is 5.84. The van der Waals surface area contributed by atoms with E-state index in [1.54, 1.807) is 16.7 Å². The molecule has 0 radical (unpaired) electrons. The van der Waals surface area contributed by atoms with Crippen molar-refractivity contribution in [1.82, 2.24) is 9.55 Å². The van der Waals surface area contributed by atoms with Crippen LogP contribution in [0, 0.1) is 10.1 Å². The van der Waals surface area contributed by atoms with Gasteiger partial charge in [-0.25, -0.2) is 0 Å². The van der Waals surface area contributed by atoms with E-state index in [1.807, 2.05) is 30.3 Å². The smallest absolute Gasteiger partial charge is 0.414 e. The lowest BCUT2D eigenvalue weighted by Gasteiger charge is -2.22. The number of nitrogens with zero attached hydrogens (tertiary/aromatic N) is 3. The Morgan fingerprint density at radius 3 is 2.75 bits per heavy atom. The highest BCUT2D eigenvalue weighted by atomic mass is 35.5. The molecule has 1 atom stereocenters. The van der Waals surface area contributed by atoms with E-state index in [0.717, 1.165) is 16.7 Å². The first-order chi connectivity index (χ1) is 13.5. The first kappa shape index (κ1) is 18.3. The number of aromatic nitrogens is 2. The number of ether oxygens (including phenoxy) is 2. The molecule has 1 aliphatic rings. The predicted molar refractivity (Wildman–Crippen MR) is 102 cm³/mol. The van der Waals surface area contributed by atoms with E-state index < -0.39 is 4.92 Å². The van der Waals surface area contributed by atoms with Crippen LogP contribution in [0.4, 0.5) is 5.82 Å². The van der Waals surface area contributed by atoms with Crippen LogP contribution in [0.3, 0.4) is 0 Å². The van der Waals surface area contributed by atoms with Crippen LogP contribution < -0.4 is 4.74 Å². The number of halogens is 1. The molecule has 9 heteroatoms. The molecule has 0 amide bonds. The van der Waals surface area contributed by atoms with E-state index in [0.29, 0.717) is 18.2 Å². The molecule has 0 bridgehead atoms. The summed E-state index contributed by atoms with van der Waals surface area (Å²) in [7, 11) is 0. The fourth-order valence-electron chi connectivity index (χ4n) is 2.96. The first-order valence-corrected chi connectivity index (χ1v) is 8.91. The summed E-state index contributed by atoms with van der Waals surface area (Å²) in [6.45, 7) is 1.11. The Bertz CT molecular complexity index is 1020. The SMILES string of the molecule is O=[N+]([O-])c1cn2c(n1)OC[C@@H](OCc1ccc(-c3ccc(Cl)c(O)c3)cc1)C2. The summed E-state index contributed by atoms with van der Waals surface area (Å²) < 4.78 is 12.9. The molecule has 2 heterocycles. The van der Waals surface area contributed by atoms with Gasteiger partial charge >= 0.3 is 11.8 Å². The van der Waals surface area contributed by atoms with E-state index in [9.17, 15) is 15.2 Å². The molecule has 28 heavy (non-hydrogen) atoms. The van der Waals surface area contributed by atoms with Crippen molar-refractivity contribution < 1.29 is 19.5 Å². The molecule has 1 aliphatic heterocycles. The molecular weight excluding hydrogens is 386 g/mol. The van der Waals surface area contributed by atoms with E-state index in [-0.39, 0.29) is 30.3 Å². The highest BCUT2D eigenvalue weighted by Crippen LogP contribution is 2.30. The van der Waals surface area contributed by atoms with Crippen molar-refractivity contribution in [2.75, 3.05) is 6.61 Å². The minimum Gasteiger partial charge on any atom is -0.506 e. The average molecular weight is 402 g/mol. The Kier molecular flexibility index (Phi) is 4.89. The zero-order chi connectivity index (χ0) is 19.7. The molecule has 4 rings (SSSR count). The van der Waals surface area contributed by atoms with Gasteiger partial charge in [-0.2, -0.15) is 0 Å². The summed E-state index contributed by atoms with van der Waals surface area (Å²) in [6.07, 6.45) is 1.12. The second-order valence-electron chi connectivity index (χ2n) is 6.40. The summed E-state index contributed by atoms with van der Waals surface area (Å²) in [6, 6.07) is 13.1. The van der Waals surface area contributed by atoms with E-state index >= 15 is 0 Å². The first-order valence-electron chi connectivity index (χ1n) is 8.53. The number of benzene rings is 2. The van der Waals surface area contributed by atoms with Crippen molar-refractivity contribution in [3.63, 3.8) is 0 Å². The molecule has 0 aliphatic carbocycles. The van der Waals surface area contributed by atoms with Crippen LogP contribution in [0.5, 0.6) is 11.8 Å². The van der Waals surface area contributed by atoms with Gasteiger partial charge in [0.15, 0.2) is 0 Å². The van der Waals surface area contributed by atoms with Gasteiger partial charge in [-0.15, -0.1) is 0 Å². The van der Waals surface area contributed by atoms with Crippen molar-refractivity contribution in [2.45, 2.75) is 19.3 Å². The number of phenols is 1. The monoisotopic (exact) mass is 401 g/mol. The third-order valence-corrected chi connectivity index (χ3v) is 4.75. The van der Waals surface area contributed by atoms with Crippen molar-refractivity contribution in [2.24, 2.45) is 0 Å². The molecular formula is C19H16ClN3O5. The van der Waals surface area contributed by atoms with Gasteiger partial charge in [0.2, 0.25) is 0 Å². The molecule has 8 nitrogen and oxygen atoms in total. The van der Waals surface area contributed by atoms with Crippen LogP contribution in [-0.4, -0.2) is 32.3 Å². The molecule has 144 valence electrons. The number of aromatic hydroxyl groups is 1. The summed E-state index contributed by atoms with van der Waals surface area (Å²) in [4.78, 5) is 14.1. The molecule has 2 aromatic carbocycles. The van der Waals surface area contributed by atoms with Crippen LogP contribution in [0.1, 0.15) is 5.56 Å². The van der Waals surface area contributed by atoms with Gasteiger partial charge in [-0.1, -0.05) is 41.9 Å². The maximum atomic E-state index is 10.8. The van der Waals surface area contributed by atoms with Crippen molar-refractivity contribution in [3.8, 4) is 22.9 Å². The molecule has 0 fully saturated rings. The number of nitro groups is 1. The Labute approximate surface area is 165 Å². The largest absolute Gasteiger partial charge is 0.506 e. The molecule has 3 aromatic rings. The lowest BCUT2D eigenvalue weighted by Crippen LogP contribution is -2.32. The lowest BCUT2D eigenvalue weighted by molar-refractivity contribution is -0.389. The van der Waals surface area contributed by atoms with Gasteiger partial charge in [-0.3, -0.25) is 4.57 Å². The number of rotatable bonds is 5. The van der Waals surface area contributed by atoms with E-state index in [1.165, 1.54) is 6.20 Å². The molecule has 0 saturated carbocycles. The molecule has 0 spiro atoms. The Morgan fingerprint density at radius 2 is 2.04 bits per heavy atom. The quantitative estimate of drug-likeness (QED) is 0.515. The zero-order valence-electron chi connectivity index (χ0n) is 14.6. The Hall–Kier alpha value is -3.10. The maximum Gasteiger partial charge on any atom is 0.414 e. The van der Waals surface area contributed by atoms with Crippen LogP contribution in [0.15, 0.2) is 48.7 Å². The average Bonchev–Trinajstić information content (AvgIpc) is 3.13. The fourth-order valence-corrected chi connectivity index (χ4v) is 3.08. The minimum absolute atomic E-state index is 0.0444. The highest BCUT2D eigenvalue weighted by molar-refractivity contribution is 6.32. The lowest BCUT2D eigenvalue weighted by atomic mass is 10.0. The van der Waals surface area contributed by atoms with E-state index in [4.69, 9.17) is 21.1 Å². The maximum absolute atomic E-state index is 10.8. The summed E-state index contributed by atoms with van der Waals surface area (Å²) in [5.74, 6) is -0.192. The van der Waals surface area contributed by atoms with Crippen LogP contribution in [0.25, 0.3) is 11.1 Å². The third-order valence-electron chi connectivity index (χ3n) is 4.43. The zero-order valence-corrected chi connectivity index (χ0v) is 15.4. The van der Waals surface area contributed by atoms with Gasteiger partial charge in [-0.05, 0) is 33.7 Å². The second kappa shape index (κ2) is 7.49. The molecule has 0 unspecified atom stereocenters. The van der Waals surface area contributed by atoms with Crippen LogP contribution in [-0.2, 0) is 17.9 Å². The number of hydrogen-bond donors (Lipinski definition) is 1. The molecule has 1 aromatic heterocycles. The Balaban J connectivity index is 1.37. The molecule has 0 saturated heterocycles. The third kappa shape index (κ3) is 3.78. The minimum atomic E-state index is -0.549. The van der Waals surface area contributed by atoms with Crippen molar-refractivity contribution >= 4 is 17.4 Å². The van der Waals surface area contributed by atoms with E-state index in [2.05, 4.69) is 4.98 Å². The standard InChI is InChI=1S/C19H16ClN3O5/c20-16-6-5-14(7-17(16)24)13-3-1-12(2-4-13)10-27-15-8-22-9-18(23(25)26)21-19(22)28-11-15/h1-7,9,15,24H,8,10-11H2/t15-/m0/s1. The van der Waals surface area contributed by atoms with Crippen molar-refractivity contribution in [3.05, 3.63) is 69.4 Å². The number of fused-ring (bicyclic) bond motifs is 1. The summed E-state index contributed by atoms with van der Waals surface area (Å²) in [5, 5.41) is 20.9. The van der Waals surface area contributed by atoms with Crippen LogP contribution in [0.2, 0.25) is 5.02 Å². The Morgan fingerprint density at radius 1 is 1.29 bits per heavy atom. The number of imidazole rings is 1. The number of phenolic OH excluding ortho intramolecular Hbond substituents is 1. The van der Waals surface area contributed by atoms with Crippen molar-refractivity contribution in [1.29, 1.82) is 0 Å². The van der Waals surface area contributed by atoms with Crippen LogP contribution >= 0.6 is 11.6 Å². The van der Waals surface area contributed by atoms with Gasteiger partial charge in [0.1, 0.15) is 24.7 Å². The highest BCUT2D eigenvalue weighted by Gasteiger charge is 2.28.